The van der Waals surface area contributed by atoms with Crippen molar-refractivity contribution in [1.82, 2.24) is 58.3 Å². The predicted octanol–water partition coefficient (Wildman–Crippen LogP) is 8.33. The van der Waals surface area contributed by atoms with Crippen LogP contribution in [0.1, 0.15) is 71.9 Å². The molecular weight excluding hydrogens is 1150 g/mol. The van der Waals surface area contributed by atoms with Crippen LogP contribution in [0.25, 0.3) is 22.3 Å². The number of piperidine rings is 2. The first-order chi connectivity index (χ1) is 38.5. The SMILES string of the molecule is CN(C)C1CCN(S(=O)(=O)c2nc(Br)nn2COCC[Si](C)(C)C)CC1.COc1cc(-c2c(C)cc3c(c2N)CCC3)ccn1.COc1cc(-c2c(C)cc3c(c2Nc2n[nH]c(S(=O)(=O)N4CCC(N(C)C)CC4)n2)CCC3)ccn1. The van der Waals surface area contributed by atoms with E-state index in [1.54, 1.807) is 26.6 Å². The fourth-order valence-electron chi connectivity index (χ4n) is 11.1. The molecule has 0 spiro atoms. The number of nitrogens with zero attached hydrogens (tertiary/aromatic N) is 11. The number of nitrogens with one attached hydrogen (secondary N) is 2. The van der Waals surface area contributed by atoms with E-state index in [1.165, 1.54) is 47.5 Å². The van der Waals surface area contributed by atoms with Gasteiger partial charge >= 0.3 is 0 Å². The molecule has 0 atom stereocenters. The molecule has 6 heterocycles. The number of ether oxygens (including phenoxy) is 3. The quantitative estimate of drug-likeness (QED) is 0.0441. The van der Waals surface area contributed by atoms with Gasteiger partial charge in [0.1, 0.15) is 6.73 Å². The summed E-state index contributed by atoms with van der Waals surface area (Å²) in [4.78, 5) is 21.2. The van der Waals surface area contributed by atoms with Crippen molar-refractivity contribution in [3.05, 3.63) is 86.9 Å². The van der Waals surface area contributed by atoms with Crippen LogP contribution >= 0.6 is 15.9 Å². The Morgan fingerprint density at radius 2 is 1.26 bits per heavy atom. The molecule has 25 heteroatoms. The Balaban J connectivity index is 0.000000168. The third-order valence-corrected chi connectivity index (χ3v) is 21.3. The molecule has 2 saturated heterocycles. The second kappa shape index (κ2) is 26.5. The summed E-state index contributed by atoms with van der Waals surface area (Å²) < 4.78 is 73.3. The van der Waals surface area contributed by atoms with Crippen molar-refractivity contribution >= 4 is 61.4 Å². The minimum Gasteiger partial charge on any atom is -0.481 e. The first-order valence-electron chi connectivity index (χ1n) is 27.8. The number of pyridine rings is 2. The number of aromatic amines is 1. The van der Waals surface area contributed by atoms with Crippen molar-refractivity contribution in [2.24, 2.45) is 0 Å². The maximum Gasteiger partial charge on any atom is 0.278 e. The van der Waals surface area contributed by atoms with Crippen molar-refractivity contribution in [3.63, 3.8) is 0 Å². The summed E-state index contributed by atoms with van der Waals surface area (Å²) >= 11 is 3.19. The molecule has 2 aliphatic heterocycles. The molecule has 2 aromatic carbocycles. The van der Waals surface area contributed by atoms with Crippen LogP contribution in [0.5, 0.6) is 11.8 Å². The maximum absolute atomic E-state index is 13.3. The van der Waals surface area contributed by atoms with Gasteiger partial charge in [-0.2, -0.15) is 18.6 Å². The number of halogens is 1. The van der Waals surface area contributed by atoms with E-state index in [0.29, 0.717) is 56.6 Å². The molecule has 0 bridgehead atoms. The van der Waals surface area contributed by atoms with Gasteiger partial charge in [-0.1, -0.05) is 31.8 Å². The smallest absolute Gasteiger partial charge is 0.278 e. The summed E-state index contributed by atoms with van der Waals surface area (Å²) in [7, 11) is 2.71. The molecule has 0 amide bonds. The number of fused-ring (bicyclic) bond motifs is 2. The second-order valence-corrected chi connectivity index (χ2v) is 32.9. The number of benzene rings is 2. The molecule has 0 radical (unpaired) electrons. The number of sulfonamides is 2. The molecule has 0 saturated carbocycles. The Morgan fingerprint density at radius 1 is 0.741 bits per heavy atom. The first-order valence-corrected chi connectivity index (χ1v) is 35.1. The Labute approximate surface area is 488 Å². The number of H-pyrrole nitrogens is 1. The van der Waals surface area contributed by atoms with E-state index in [-0.39, 0.29) is 27.7 Å². The van der Waals surface area contributed by atoms with Crippen molar-refractivity contribution < 1.29 is 31.0 Å². The molecule has 21 nitrogen and oxygen atoms in total. The number of aromatic nitrogens is 8. The third-order valence-electron chi connectivity index (χ3n) is 15.7. The molecule has 6 aromatic rings. The molecule has 2 fully saturated rings. The van der Waals surface area contributed by atoms with Gasteiger partial charge in [-0.3, -0.25) is 0 Å². The van der Waals surface area contributed by atoms with E-state index in [4.69, 9.17) is 19.9 Å². The minimum absolute atomic E-state index is 0.0549. The van der Waals surface area contributed by atoms with E-state index in [1.807, 2.05) is 52.5 Å². The number of methoxy groups -OCH3 is 2. The van der Waals surface area contributed by atoms with Gasteiger partial charge in [0.15, 0.2) is 0 Å². The molecule has 81 heavy (non-hydrogen) atoms. The van der Waals surface area contributed by atoms with Crippen molar-refractivity contribution in [1.29, 1.82) is 0 Å². The van der Waals surface area contributed by atoms with Gasteiger partial charge in [0.25, 0.3) is 30.4 Å². The van der Waals surface area contributed by atoms with Crippen LogP contribution in [0.3, 0.4) is 0 Å². The minimum atomic E-state index is -3.75. The Morgan fingerprint density at radius 3 is 1.80 bits per heavy atom. The van der Waals surface area contributed by atoms with E-state index in [9.17, 15) is 16.8 Å². The van der Waals surface area contributed by atoms with Gasteiger partial charge in [-0.15, -0.1) is 10.2 Å². The lowest BCUT2D eigenvalue weighted by molar-refractivity contribution is 0.0708. The van der Waals surface area contributed by atoms with Gasteiger partial charge in [0.2, 0.25) is 22.4 Å². The zero-order valence-electron chi connectivity index (χ0n) is 48.8. The largest absolute Gasteiger partial charge is 0.481 e. The van der Waals surface area contributed by atoms with Crippen LogP contribution in [0.15, 0.2) is 63.8 Å². The van der Waals surface area contributed by atoms with Crippen LogP contribution in [0.2, 0.25) is 25.7 Å². The molecule has 4 aromatic heterocycles. The number of anilines is 3. The third kappa shape index (κ3) is 14.7. The van der Waals surface area contributed by atoms with Crippen molar-refractivity contribution in [3.8, 4) is 34.0 Å². The summed E-state index contributed by atoms with van der Waals surface area (Å²) in [5.74, 6) is 1.39. The number of hydrogen-bond donors (Lipinski definition) is 3. The summed E-state index contributed by atoms with van der Waals surface area (Å²) in [6, 6.07) is 14.1. The molecule has 4 N–H and O–H groups in total. The zero-order valence-corrected chi connectivity index (χ0v) is 53.1. The highest BCUT2D eigenvalue weighted by Crippen LogP contribution is 2.42. The highest BCUT2D eigenvalue weighted by Gasteiger charge is 2.36. The lowest BCUT2D eigenvalue weighted by Gasteiger charge is -2.34. The highest BCUT2D eigenvalue weighted by molar-refractivity contribution is 9.10. The van der Waals surface area contributed by atoms with Crippen LogP contribution in [0.4, 0.5) is 17.3 Å². The first kappa shape index (κ1) is 61.7. The van der Waals surface area contributed by atoms with Crippen LogP contribution in [-0.4, -0.2) is 171 Å². The Bertz CT molecular complexity index is 3370. The fraction of sp³-hybridized carbons (Fsp3) is 0.536. The second-order valence-electron chi connectivity index (χ2n) is 22.9. The van der Waals surface area contributed by atoms with Crippen molar-refractivity contribution in [2.45, 2.75) is 133 Å². The number of aryl methyl sites for hydroxylation is 4. The molecule has 10 rings (SSSR count). The van der Waals surface area contributed by atoms with Crippen LogP contribution in [0, 0.1) is 13.8 Å². The standard InChI is InChI=1S/C25H33N7O3S.C16H18N2O.C15H30BrN5O3SSi/c1-16-14-17-6-5-7-20(17)23(22(16)18-8-11-26-21(15-18)35-4)27-24-28-25(30-29-24)36(33,34)32-12-9-19(10-13-32)31(2)3;1-10-8-11-4-3-5-13(11)16(17)15(10)12-6-7-18-14(9-12)19-2;1-19(2)13-6-8-20(9-7-13)25(22,23)15-17-14(16)18-21(15)12-24-10-11-26(3,4)5/h8,11,14-15,19H,5-7,9-10,12-13H2,1-4H3,(H2,27,28,29,30);6-9H,3-5,17H2,1-2H3;13H,6-12H2,1-5H3. The average Bonchev–Trinajstić information content (AvgIpc) is 4.43. The summed E-state index contributed by atoms with van der Waals surface area (Å²) in [6.07, 6.45) is 13.2. The number of rotatable bonds is 17. The summed E-state index contributed by atoms with van der Waals surface area (Å²) in [6.45, 7) is 13.6. The Hall–Kier alpha value is -5.38. The fourth-order valence-corrected chi connectivity index (χ4v) is 15.2. The normalized spacial score (nSPS) is 16.4. The average molecular weight is 1230 g/mol. The molecule has 0 unspecified atom stereocenters. The number of hydrogen-bond acceptors (Lipinski definition) is 17. The lowest BCUT2D eigenvalue weighted by atomic mass is 9.93. The maximum atomic E-state index is 13.3. The number of nitrogens with two attached hydrogens (primary N) is 1. The summed E-state index contributed by atoms with van der Waals surface area (Å²) in [5, 5.41) is 14.2. The molecule has 4 aliphatic rings. The van der Waals surface area contributed by atoms with E-state index in [2.05, 4.69) is 112 Å². The van der Waals surface area contributed by atoms with E-state index < -0.39 is 28.1 Å². The topological polar surface area (TPSA) is 245 Å². The monoisotopic (exact) mass is 1230 g/mol. The van der Waals surface area contributed by atoms with Gasteiger partial charge in [-0.25, -0.2) is 36.6 Å². The number of nitrogen functional groups attached to an aromatic ring is 1. The lowest BCUT2D eigenvalue weighted by Crippen LogP contribution is -2.45. The summed E-state index contributed by atoms with van der Waals surface area (Å²) in [5.41, 5.74) is 20.0. The van der Waals surface area contributed by atoms with Gasteiger partial charge in [0.05, 0.1) is 19.9 Å². The molecule has 2 aliphatic carbocycles. The molecule has 440 valence electrons. The molecular formula is C56H81BrN14O7S2Si. The van der Waals surface area contributed by atoms with Gasteiger partial charge in [-0.05, 0) is 185 Å². The Kier molecular flexibility index (Phi) is 20.2. The van der Waals surface area contributed by atoms with Crippen molar-refractivity contribution in [2.75, 3.05) is 86.2 Å². The highest BCUT2D eigenvalue weighted by atomic mass is 79.9. The van der Waals surface area contributed by atoms with E-state index in [0.717, 1.165) is 103 Å². The predicted molar refractivity (Wildman–Crippen MR) is 323 cm³/mol. The zero-order chi connectivity index (χ0) is 58.4. The van der Waals surface area contributed by atoms with E-state index >= 15 is 0 Å². The van der Waals surface area contributed by atoms with Gasteiger partial charge in [0, 0.05) is 94.3 Å². The van der Waals surface area contributed by atoms with Crippen LogP contribution in [-0.2, 0) is 57.2 Å². The van der Waals surface area contributed by atoms with Gasteiger partial charge < -0.3 is 35.1 Å². The van der Waals surface area contributed by atoms with Crippen LogP contribution < -0.4 is 20.5 Å².